The number of nitrogens with two attached hydrogens (primary N) is 1. The van der Waals surface area contributed by atoms with E-state index in [9.17, 15) is 26.7 Å². The number of ether oxygens (including phenoxy) is 2. The molecule has 1 amide bonds. The summed E-state index contributed by atoms with van der Waals surface area (Å²) in [5.41, 5.74) is 6.91. The number of sulfone groups is 2. The van der Waals surface area contributed by atoms with Gasteiger partial charge in [-0.2, -0.15) is 0 Å². The number of aliphatic hydroxyl groups is 1. The zero-order valence-electron chi connectivity index (χ0n) is 24.2. The van der Waals surface area contributed by atoms with Crippen LogP contribution in [0.5, 0.6) is 17.2 Å². The summed E-state index contributed by atoms with van der Waals surface area (Å²) in [5.74, 6) is 0.372. The molecule has 0 aliphatic rings. The topological polar surface area (TPSA) is 178 Å². The number of carbonyl (C=O) groups excluding carboxylic acids is 1. The van der Waals surface area contributed by atoms with Crippen LogP contribution in [0.25, 0.3) is 10.9 Å². The van der Waals surface area contributed by atoms with Gasteiger partial charge in [-0.1, -0.05) is 18.2 Å². The normalized spacial score (nSPS) is 13.1. The molecule has 0 fully saturated rings. The summed E-state index contributed by atoms with van der Waals surface area (Å²) in [5, 5.41) is 14.6. The van der Waals surface area contributed by atoms with E-state index in [0.29, 0.717) is 28.8 Å². The highest BCUT2D eigenvalue weighted by molar-refractivity contribution is 7.91. The number of H-pyrrole nitrogens is 1. The number of aromatic amines is 1. The van der Waals surface area contributed by atoms with Gasteiger partial charge in [0, 0.05) is 35.5 Å². The maximum absolute atomic E-state index is 12.3. The Balaban J connectivity index is 1.34. The van der Waals surface area contributed by atoms with Gasteiger partial charge in [0.2, 0.25) is 0 Å². The summed E-state index contributed by atoms with van der Waals surface area (Å²) in [6.45, 7) is 4.30. The molecule has 1 aromatic heterocycles. The summed E-state index contributed by atoms with van der Waals surface area (Å²) in [4.78, 5) is 14.1. The highest BCUT2D eigenvalue weighted by Gasteiger charge is 2.22. The molecular formula is C30H35N3O8S2. The van der Waals surface area contributed by atoms with Crippen LogP contribution in [-0.4, -0.2) is 70.1 Å². The van der Waals surface area contributed by atoms with E-state index < -0.39 is 37.2 Å². The van der Waals surface area contributed by atoms with Gasteiger partial charge in [-0.15, -0.1) is 0 Å². The van der Waals surface area contributed by atoms with E-state index in [1.807, 2.05) is 26.0 Å². The number of aromatic nitrogens is 1. The van der Waals surface area contributed by atoms with Gasteiger partial charge in [0.15, 0.2) is 19.7 Å². The van der Waals surface area contributed by atoms with Gasteiger partial charge in [-0.05, 0) is 74.4 Å². The molecule has 230 valence electrons. The molecular weight excluding hydrogens is 594 g/mol. The van der Waals surface area contributed by atoms with Crippen molar-refractivity contribution in [2.75, 3.05) is 25.7 Å². The van der Waals surface area contributed by atoms with Crippen LogP contribution < -0.4 is 20.5 Å². The molecule has 0 saturated heterocycles. The highest BCUT2D eigenvalue weighted by Crippen LogP contribution is 2.32. The van der Waals surface area contributed by atoms with Gasteiger partial charge in [-0.3, -0.25) is 4.79 Å². The van der Waals surface area contributed by atoms with Crippen LogP contribution in [0.2, 0.25) is 0 Å². The van der Waals surface area contributed by atoms with Crippen molar-refractivity contribution < 1.29 is 36.2 Å². The standard InChI is InChI=1S/C30H35N3O8S2/c1-30(2,32-17-20(34)18-40-26-7-5-6-24-23(26)15-25(33-24)29(31)35)16-19-8-10-21(11-9-19)41-27-13-12-22(42(3,36)37)14-28(27)43(4,38)39/h5-15,20,32-34H,16-18H2,1-4H3,(H2,31,35)/t20-/m0/s1. The minimum absolute atomic E-state index is 0.0295. The molecule has 4 aromatic rings. The average molecular weight is 630 g/mol. The van der Waals surface area contributed by atoms with Gasteiger partial charge in [0.05, 0.1) is 4.90 Å². The van der Waals surface area contributed by atoms with Crippen LogP contribution in [-0.2, 0) is 26.1 Å². The number of rotatable bonds is 13. The van der Waals surface area contributed by atoms with E-state index in [1.165, 1.54) is 12.1 Å². The lowest BCUT2D eigenvalue weighted by molar-refractivity contribution is 0.0992. The molecule has 5 N–H and O–H groups in total. The second-order valence-corrected chi connectivity index (χ2v) is 15.1. The third kappa shape index (κ3) is 8.35. The quantitative estimate of drug-likeness (QED) is 0.173. The van der Waals surface area contributed by atoms with Crippen LogP contribution in [0.3, 0.4) is 0 Å². The number of amides is 1. The number of aliphatic hydroxyl groups excluding tert-OH is 1. The zero-order valence-corrected chi connectivity index (χ0v) is 25.9. The highest BCUT2D eigenvalue weighted by atomic mass is 32.2. The Morgan fingerprint density at radius 2 is 1.67 bits per heavy atom. The molecule has 0 radical (unpaired) electrons. The summed E-state index contributed by atoms with van der Waals surface area (Å²) in [6.07, 6.45) is 1.80. The Labute approximate surface area is 250 Å². The fourth-order valence-electron chi connectivity index (χ4n) is 4.49. The molecule has 3 aromatic carbocycles. The molecule has 0 spiro atoms. The van der Waals surface area contributed by atoms with Crippen LogP contribution in [0.4, 0.5) is 0 Å². The Hall–Kier alpha value is -3.91. The van der Waals surface area contributed by atoms with Crippen molar-refractivity contribution in [3.63, 3.8) is 0 Å². The molecule has 0 bridgehead atoms. The minimum Gasteiger partial charge on any atom is -0.490 e. The first-order chi connectivity index (χ1) is 20.0. The van der Waals surface area contributed by atoms with Gasteiger partial charge in [0.25, 0.3) is 5.91 Å². The first-order valence-corrected chi connectivity index (χ1v) is 17.1. The van der Waals surface area contributed by atoms with Crippen molar-refractivity contribution in [2.24, 2.45) is 5.73 Å². The monoisotopic (exact) mass is 629 g/mol. The SMILES string of the molecule is CC(C)(Cc1ccc(Oc2ccc(S(C)(=O)=O)cc2S(C)(=O)=O)cc1)NC[C@H](O)COc1cccc2[nH]c(C(N)=O)cc12. The fraction of sp³-hybridized carbons (Fsp3) is 0.300. The van der Waals surface area contributed by atoms with Crippen LogP contribution >= 0.6 is 0 Å². The Kier molecular flexibility index (Phi) is 9.21. The number of fused-ring (bicyclic) bond motifs is 1. The Morgan fingerprint density at radius 3 is 2.30 bits per heavy atom. The van der Waals surface area contributed by atoms with E-state index in [0.717, 1.165) is 24.1 Å². The number of benzene rings is 3. The van der Waals surface area contributed by atoms with Gasteiger partial charge in [-0.25, -0.2) is 16.8 Å². The van der Waals surface area contributed by atoms with E-state index in [2.05, 4.69) is 10.3 Å². The molecule has 1 atom stereocenters. The fourth-order valence-corrected chi connectivity index (χ4v) is 6.03. The van der Waals surface area contributed by atoms with Crippen molar-refractivity contribution in [1.29, 1.82) is 0 Å². The Morgan fingerprint density at radius 1 is 0.977 bits per heavy atom. The predicted octanol–water partition coefficient (Wildman–Crippen LogP) is 3.22. The molecule has 11 nitrogen and oxygen atoms in total. The largest absolute Gasteiger partial charge is 0.490 e. The van der Waals surface area contributed by atoms with Gasteiger partial charge >= 0.3 is 0 Å². The number of primary amides is 1. The number of hydrogen-bond donors (Lipinski definition) is 4. The van der Waals surface area contributed by atoms with E-state index in [1.54, 1.807) is 36.4 Å². The van der Waals surface area contributed by atoms with Crippen LogP contribution in [0.15, 0.2) is 76.5 Å². The van der Waals surface area contributed by atoms with Crippen molar-refractivity contribution in [2.45, 2.75) is 41.7 Å². The predicted molar refractivity (Wildman–Crippen MR) is 163 cm³/mol. The van der Waals surface area contributed by atoms with Gasteiger partial charge in [0.1, 0.15) is 40.5 Å². The van der Waals surface area contributed by atoms with Crippen LogP contribution in [0, 0.1) is 0 Å². The average Bonchev–Trinajstić information content (AvgIpc) is 3.36. The number of β-amino-alcohol motifs (C(OH)–C–C–N with tert-alkyl or cyclic N) is 1. The van der Waals surface area contributed by atoms with Crippen molar-refractivity contribution >= 4 is 36.5 Å². The smallest absolute Gasteiger partial charge is 0.265 e. The first-order valence-electron chi connectivity index (χ1n) is 13.3. The maximum atomic E-state index is 12.3. The second-order valence-electron chi connectivity index (χ2n) is 11.1. The maximum Gasteiger partial charge on any atom is 0.265 e. The zero-order chi connectivity index (χ0) is 31.6. The third-order valence-electron chi connectivity index (χ3n) is 6.68. The van der Waals surface area contributed by atoms with E-state index in [-0.39, 0.29) is 34.4 Å². The number of hydrogen-bond acceptors (Lipinski definition) is 9. The van der Waals surface area contributed by atoms with Crippen molar-refractivity contribution in [1.82, 2.24) is 10.3 Å². The molecule has 4 rings (SSSR count). The first kappa shape index (κ1) is 32.0. The Bertz CT molecular complexity index is 1850. The second kappa shape index (κ2) is 12.4. The third-order valence-corrected chi connectivity index (χ3v) is 8.91. The van der Waals surface area contributed by atoms with Gasteiger partial charge < -0.3 is 30.6 Å². The summed E-state index contributed by atoms with van der Waals surface area (Å²) in [7, 11) is -7.36. The minimum atomic E-state index is -3.76. The lowest BCUT2D eigenvalue weighted by Crippen LogP contribution is -2.46. The molecule has 0 aliphatic heterocycles. The van der Waals surface area contributed by atoms with E-state index in [4.69, 9.17) is 15.2 Å². The summed E-state index contributed by atoms with van der Waals surface area (Å²) in [6, 6.07) is 17.8. The summed E-state index contributed by atoms with van der Waals surface area (Å²) >= 11 is 0. The molecule has 1 heterocycles. The number of carbonyl (C=O) groups is 1. The molecule has 0 unspecified atom stereocenters. The molecule has 0 aliphatic carbocycles. The van der Waals surface area contributed by atoms with Crippen molar-refractivity contribution in [3.05, 3.63) is 78.0 Å². The molecule has 0 saturated carbocycles. The number of nitrogens with one attached hydrogen (secondary N) is 2. The summed E-state index contributed by atoms with van der Waals surface area (Å²) < 4.78 is 60.0. The van der Waals surface area contributed by atoms with E-state index >= 15 is 0 Å². The lowest BCUT2D eigenvalue weighted by atomic mass is 9.94. The lowest BCUT2D eigenvalue weighted by Gasteiger charge is -2.28. The van der Waals surface area contributed by atoms with Crippen LogP contribution in [0.1, 0.15) is 29.9 Å². The molecule has 13 heteroatoms. The van der Waals surface area contributed by atoms with Crippen molar-refractivity contribution in [3.8, 4) is 17.2 Å². The molecule has 43 heavy (non-hydrogen) atoms.